The Hall–Kier alpha value is -1.27. The summed E-state index contributed by atoms with van der Waals surface area (Å²) >= 11 is 0. The third-order valence-corrected chi connectivity index (χ3v) is 6.93. The summed E-state index contributed by atoms with van der Waals surface area (Å²) in [5.41, 5.74) is 1.02. The molecule has 0 atom stereocenters. The molecule has 2 aliphatic rings. The SMILES string of the molecule is CCC(B1OC(C)(C)C(C)(C)O1)=C(B1OC(C)(C)C(C)(C)O1)c1ccc(O)cc1. The molecule has 2 saturated heterocycles. The predicted octanol–water partition coefficient (Wildman–Crippen LogP) is 4.82. The lowest BCUT2D eigenvalue weighted by Crippen LogP contribution is -2.41. The fourth-order valence-corrected chi connectivity index (χ4v) is 3.54. The molecular formula is C22H34B2O5. The van der Waals surface area contributed by atoms with Crippen LogP contribution in [-0.2, 0) is 18.6 Å². The van der Waals surface area contributed by atoms with Crippen molar-refractivity contribution < 1.29 is 23.7 Å². The predicted molar refractivity (Wildman–Crippen MR) is 117 cm³/mol. The highest BCUT2D eigenvalue weighted by molar-refractivity contribution is 6.74. The molecule has 2 fully saturated rings. The van der Waals surface area contributed by atoms with Gasteiger partial charge in [-0.2, -0.15) is 0 Å². The van der Waals surface area contributed by atoms with Gasteiger partial charge in [0.25, 0.3) is 0 Å². The maximum Gasteiger partial charge on any atom is 0.494 e. The van der Waals surface area contributed by atoms with Crippen molar-refractivity contribution in [1.29, 1.82) is 0 Å². The molecule has 0 radical (unpaired) electrons. The van der Waals surface area contributed by atoms with E-state index in [1.807, 2.05) is 39.8 Å². The quantitative estimate of drug-likeness (QED) is 0.735. The van der Waals surface area contributed by atoms with Crippen LogP contribution in [0.25, 0.3) is 5.47 Å². The van der Waals surface area contributed by atoms with Crippen molar-refractivity contribution in [2.45, 2.75) is 91.1 Å². The highest BCUT2D eigenvalue weighted by atomic mass is 16.7. The highest BCUT2D eigenvalue weighted by Gasteiger charge is 2.56. The number of hydrogen-bond donors (Lipinski definition) is 1. The van der Waals surface area contributed by atoms with E-state index in [2.05, 4.69) is 34.6 Å². The third-order valence-electron chi connectivity index (χ3n) is 6.93. The van der Waals surface area contributed by atoms with Crippen LogP contribution in [0.15, 0.2) is 29.7 Å². The van der Waals surface area contributed by atoms with Crippen molar-refractivity contribution >= 4 is 19.7 Å². The van der Waals surface area contributed by atoms with Crippen LogP contribution < -0.4 is 0 Å². The van der Waals surface area contributed by atoms with Gasteiger partial charge < -0.3 is 23.7 Å². The van der Waals surface area contributed by atoms with Crippen LogP contribution in [-0.4, -0.2) is 41.7 Å². The van der Waals surface area contributed by atoms with Gasteiger partial charge in [0.2, 0.25) is 0 Å². The molecule has 1 aromatic rings. The first-order valence-corrected chi connectivity index (χ1v) is 10.4. The van der Waals surface area contributed by atoms with E-state index in [-0.39, 0.29) is 5.75 Å². The third kappa shape index (κ3) is 3.90. The number of allylic oxidation sites excluding steroid dienone is 1. The first-order chi connectivity index (χ1) is 13.2. The molecular weight excluding hydrogens is 366 g/mol. The second kappa shape index (κ2) is 7.16. The topological polar surface area (TPSA) is 57.2 Å². The zero-order valence-corrected chi connectivity index (χ0v) is 19.3. The van der Waals surface area contributed by atoms with E-state index >= 15 is 0 Å². The van der Waals surface area contributed by atoms with Crippen molar-refractivity contribution in [3.8, 4) is 5.75 Å². The van der Waals surface area contributed by atoms with Crippen LogP contribution in [0.2, 0.25) is 0 Å². The molecule has 0 aliphatic carbocycles. The molecule has 5 nitrogen and oxygen atoms in total. The van der Waals surface area contributed by atoms with Gasteiger partial charge in [0.05, 0.1) is 22.4 Å². The van der Waals surface area contributed by atoms with E-state index in [4.69, 9.17) is 18.6 Å². The maximum absolute atomic E-state index is 9.79. The van der Waals surface area contributed by atoms with E-state index < -0.39 is 36.6 Å². The zero-order valence-electron chi connectivity index (χ0n) is 19.3. The van der Waals surface area contributed by atoms with Crippen molar-refractivity contribution in [1.82, 2.24) is 0 Å². The van der Waals surface area contributed by atoms with Gasteiger partial charge in [-0.1, -0.05) is 19.1 Å². The summed E-state index contributed by atoms with van der Waals surface area (Å²) in [5, 5.41) is 9.79. The molecule has 1 N–H and O–H groups in total. The molecule has 0 amide bonds. The van der Waals surface area contributed by atoms with E-state index in [1.165, 1.54) is 0 Å². The number of aromatic hydroxyl groups is 1. The average Bonchev–Trinajstić information content (AvgIpc) is 2.92. The first kappa shape index (κ1) is 22.4. The molecule has 1 aromatic carbocycles. The summed E-state index contributed by atoms with van der Waals surface area (Å²) in [6.45, 7) is 18.5. The van der Waals surface area contributed by atoms with Crippen LogP contribution in [0, 0.1) is 0 Å². The van der Waals surface area contributed by atoms with Crippen molar-refractivity contribution in [3.05, 3.63) is 35.3 Å². The van der Waals surface area contributed by atoms with Crippen LogP contribution in [0.1, 0.15) is 74.3 Å². The molecule has 2 aliphatic heterocycles. The minimum Gasteiger partial charge on any atom is -0.508 e. The van der Waals surface area contributed by atoms with Gasteiger partial charge in [-0.3, -0.25) is 0 Å². The number of phenolic OH excluding ortho intramolecular Hbond substituents is 1. The minimum atomic E-state index is -0.557. The van der Waals surface area contributed by atoms with Crippen LogP contribution in [0.3, 0.4) is 0 Å². The van der Waals surface area contributed by atoms with E-state index in [9.17, 15) is 5.11 Å². The summed E-state index contributed by atoms with van der Waals surface area (Å²) in [5.74, 6) is 0.218. The molecule has 0 spiro atoms. The fourth-order valence-electron chi connectivity index (χ4n) is 3.54. The Labute approximate surface area is 176 Å². The van der Waals surface area contributed by atoms with Gasteiger partial charge in [0.15, 0.2) is 0 Å². The molecule has 2 heterocycles. The number of rotatable bonds is 4. The highest BCUT2D eigenvalue weighted by Crippen LogP contribution is 2.45. The Morgan fingerprint density at radius 1 is 0.724 bits per heavy atom. The van der Waals surface area contributed by atoms with Gasteiger partial charge in [-0.25, -0.2) is 0 Å². The second-order valence-electron chi connectivity index (χ2n) is 10.0. The fraction of sp³-hybridized carbons (Fsp3) is 0.636. The summed E-state index contributed by atoms with van der Waals surface area (Å²) in [4.78, 5) is 0. The normalized spacial score (nSPS) is 25.3. The second-order valence-corrected chi connectivity index (χ2v) is 10.0. The number of hydrogen-bond acceptors (Lipinski definition) is 5. The van der Waals surface area contributed by atoms with E-state index in [0.29, 0.717) is 0 Å². The van der Waals surface area contributed by atoms with Gasteiger partial charge >= 0.3 is 14.2 Å². The molecule has 0 aromatic heterocycles. The van der Waals surface area contributed by atoms with Gasteiger partial charge in [-0.05, 0) is 90.5 Å². The molecule has 0 unspecified atom stereocenters. The van der Waals surface area contributed by atoms with Crippen molar-refractivity contribution in [2.75, 3.05) is 0 Å². The van der Waals surface area contributed by atoms with Crippen LogP contribution in [0.4, 0.5) is 0 Å². The lowest BCUT2D eigenvalue weighted by molar-refractivity contribution is 0.00578. The van der Waals surface area contributed by atoms with Gasteiger partial charge in [0, 0.05) is 0 Å². The maximum atomic E-state index is 9.79. The number of phenols is 1. The molecule has 158 valence electrons. The Balaban J connectivity index is 2.13. The van der Waals surface area contributed by atoms with Crippen LogP contribution >= 0.6 is 0 Å². The van der Waals surface area contributed by atoms with Crippen molar-refractivity contribution in [3.63, 3.8) is 0 Å². The minimum absolute atomic E-state index is 0.218. The number of benzene rings is 1. The lowest BCUT2D eigenvalue weighted by Gasteiger charge is -2.32. The summed E-state index contributed by atoms with van der Waals surface area (Å²) in [6.07, 6.45) is 0.719. The summed E-state index contributed by atoms with van der Waals surface area (Å²) in [6, 6.07) is 7.13. The van der Waals surface area contributed by atoms with Gasteiger partial charge in [-0.15, -0.1) is 0 Å². The zero-order chi connectivity index (χ0) is 21.8. The standard InChI is InChI=1S/C22H34B2O5/c1-10-17(23-26-19(2,3)20(4,5)27-23)18(15-11-13-16(25)14-12-15)24-28-21(6,7)22(8,9)29-24/h11-14,25H,10H2,1-9H3. The van der Waals surface area contributed by atoms with Crippen LogP contribution in [0.5, 0.6) is 5.75 Å². The molecule has 7 heteroatoms. The van der Waals surface area contributed by atoms with Gasteiger partial charge in [0.1, 0.15) is 5.75 Å². The molecule has 0 bridgehead atoms. The Bertz CT molecular complexity index is 764. The summed E-state index contributed by atoms with van der Waals surface area (Å²) in [7, 11) is -1.05. The monoisotopic (exact) mass is 400 g/mol. The summed E-state index contributed by atoms with van der Waals surface area (Å²) < 4.78 is 25.5. The smallest absolute Gasteiger partial charge is 0.494 e. The van der Waals surface area contributed by atoms with E-state index in [1.54, 1.807) is 12.1 Å². The Morgan fingerprint density at radius 2 is 1.10 bits per heavy atom. The molecule has 3 rings (SSSR count). The first-order valence-electron chi connectivity index (χ1n) is 10.4. The molecule has 29 heavy (non-hydrogen) atoms. The molecule has 0 saturated carbocycles. The Morgan fingerprint density at radius 3 is 1.48 bits per heavy atom. The van der Waals surface area contributed by atoms with E-state index in [0.717, 1.165) is 22.9 Å². The Kier molecular flexibility index (Phi) is 5.53. The van der Waals surface area contributed by atoms with Crippen molar-refractivity contribution in [2.24, 2.45) is 0 Å². The largest absolute Gasteiger partial charge is 0.508 e. The average molecular weight is 400 g/mol. The lowest BCUT2D eigenvalue weighted by atomic mass is 9.61.